The fourth-order valence-electron chi connectivity index (χ4n) is 1.38. The van der Waals surface area contributed by atoms with Gasteiger partial charge >= 0.3 is 0 Å². The summed E-state index contributed by atoms with van der Waals surface area (Å²) in [5, 5.41) is 0.680. The minimum absolute atomic E-state index is 0.0723. The van der Waals surface area contributed by atoms with Crippen molar-refractivity contribution in [3.63, 3.8) is 0 Å². The number of methoxy groups -OCH3 is 1. The van der Waals surface area contributed by atoms with Gasteiger partial charge in [-0.1, -0.05) is 12.1 Å². The van der Waals surface area contributed by atoms with Gasteiger partial charge in [-0.05, 0) is 36.0 Å². The number of carbonyl (C=O) groups is 1. The fourth-order valence-corrected chi connectivity index (χ4v) is 2.26. The van der Waals surface area contributed by atoms with E-state index in [0.717, 1.165) is 10.6 Å². The first kappa shape index (κ1) is 11.8. The summed E-state index contributed by atoms with van der Waals surface area (Å²) in [6.07, 6.45) is 0. The molecule has 0 saturated carbocycles. The number of hydrogen-bond donors (Lipinski definition) is 0. The van der Waals surface area contributed by atoms with Gasteiger partial charge in [0.05, 0.1) is 12.0 Å². The summed E-state index contributed by atoms with van der Waals surface area (Å²) in [4.78, 5) is 12.1. The number of Topliss-reactive ketones (excluding diaryl/α,β-unsaturated/α-hetero) is 1. The lowest BCUT2D eigenvalue weighted by molar-refractivity contribution is 0.0982. The highest BCUT2D eigenvalue weighted by molar-refractivity contribution is 7.99. The molecule has 0 radical (unpaired) electrons. The van der Waals surface area contributed by atoms with Gasteiger partial charge in [0.1, 0.15) is 5.75 Å². The fraction of sp³-hybridized carbons (Fsp3) is 0.154. The molecule has 0 aliphatic carbocycles. The van der Waals surface area contributed by atoms with E-state index in [9.17, 15) is 4.79 Å². The molecule has 0 unspecified atom stereocenters. The second kappa shape index (κ2) is 5.10. The molecule has 0 aliphatic rings. The molecule has 1 aromatic carbocycles. The van der Waals surface area contributed by atoms with Crippen LogP contribution in [0.1, 0.15) is 17.5 Å². The lowest BCUT2D eigenvalue weighted by Gasteiger charge is -2.05. The molecule has 3 nitrogen and oxygen atoms in total. The van der Waals surface area contributed by atoms with E-state index in [-0.39, 0.29) is 5.78 Å². The maximum atomic E-state index is 11.1. The first-order valence-corrected chi connectivity index (χ1v) is 5.94. The molecule has 0 saturated heterocycles. The van der Waals surface area contributed by atoms with E-state index in [0.29, 0.717) is 10.9 Å². The number of furan rings is 1. The van der Waals surface area contributed by atoms with E-state index < -0.39 is 0 Å². The van der Waals surface area contributed by atoms with Gasteiger partial charge in [0, 0.05) is 6.92 Å². The molecule has 0 N–H and O–H groups in total. The van der Waals surface area contributed by atoms with Gasteiger partial charge < -0.3 is 9.15 Å². The largest absolute Gasteiger partial charge is 0.496 e. The third kappa shape index (κ3) is 2.71. The summed E-state index contributed by atoms with van der Waals surface area (Å²) in [6.45, 7) is 1.48. The first-order valence-electron chi connectivity index (χ1n) is 5.12. The molecule has 17 heavy (non-hydrogen) atoms. The Morgan fingerprint density at radius 2 is 2.00 bits per heavy atom. The lowest BCUT2D eigenvalue weighted by atomic mass is 10.3. The van der Waals surface area contributed by atoms with Crippen molar-refractivity contribution in [2.75, 3.05) is 7.11 Å². The van der Waals surface area contributed by atoms with E-state index in [1.807, 2.05) is 24.3 Å². The topological polar surface area (TPSA) is 39.4 Å². The Labute approximate surface area is 104 Å². The molecule has 4 heteroatoms. The van der Waals surface area contributed by atoms with Crippen LogP contribution in [0.25, 0.3) is 0 Å². The Balaban J connectivity index is 2.22. The van der Waals surface area contributed by atoms with Crippen molar-refractivity contribution in [3.8, 4) is 5.75 Å². The van der Waals surface area contributed by atoms with Gasteiger partial charge in [0.25, 0.3) is 0 Å². The molecular weight excluding hydrogens is 236 g/mol. The van der Waals surface area contributed by atoms with Crippen molar-refractivity contribution in [2.45, 2.75) is 16.9 Å². The van der Waals surface area contributed by atoms with Gasteiger partial charge in [-0.2, -0.15) is 0 Å². The molecular formula is C13H12O3S. The van der Waals surface area contributed by atoms with E-state index in [2.05, 4.69) is 0 Å². The molecule has 1 heterocycles. The normalized spacial score (nSPS) is 10.2. The molecule has 0 amide bonds. The minimum atomic E-state index is -0.0723. The van der Waals surface area contributed by atoms with Crippen molar-refractivity contribution >= 4 is 17.5 Å². The summed E-state index contributed by atoms with van der Waals surface area (Å²) >= 11 is 1.43. The number of carbonyl (C=O) groups excluding carboxylic acids is 1. The maximum Gasteiger partial charge on any atom is 0.194 e. The quantitative estimate of drug-likeness (QED) is 0.774. The highest BCUT2D eigenvalue weighted by Crippen LogP contribution is 2.35. The van der Waals surface area contributed by atoms with E-state index in [1.165, 1.54) is 18.7 Å². The number of ketones is 1. The van der Waals surface area contributed by atoms with Crippen LogP contribution in [0.5, 0.6) is 5.75 Å². The standard InChI is InChI=1S/C13H12O3S/c1-9(14)10-7-8-13(16-10)17-12-6-4-3-5-11(12)15-2/h3-8H,1-2H3. The van der Waals surface area contributed by atoms with E-state index in [4.69, 9.17) is 9.15 Å². The van der Waals surface area contributed by atoms with Crippen LogP contribution in [0.2, 0.25) is 0 Å². The van der Waals surface area contributed by atoms with Crippen LogP contribution in [-0.4, -0.2) is 12.9 Å². The first-order chi connectivity index (χ1) is 8.20. The zero-order valence-electron chi connectivity index (χ0n) is 9.60. The predicted molar refractivity (Wildman–Crippen MR) is 65.8 cm³/mol. The summed E-state index contributed by atoms with van der Waals surface area (Å²) in [5.41, 5.74) is 0. The second-order valence-corrected chi connectivity index (χ2v) is 4.47. The zero-order chi connectivity index (χ0) is 12.3. The monoisotopic (exact) mass is 248 g/mol. The lowest BCUT2D eigenvalue weighted by Crippen LogP contribution is -1.86. The number of rotatable bonds is 4. The van der Waals surface area contributed by atoms with Crippen molar-refractivity contribution in [3.05, 3.63) is 42.2 Å². The molecule has 0 aliphatic heterocycles. The Morgan fingerprint density at radius 3 is 2.65 bits per heavy atom. The number of hydrogen-bond acceptors (Lipinski definition) is 4. The van der Waals surface area contributed by atoms with Crippen LogP contribution in [-0.2, 0) is 0 Å². The summed E-state index contributed by atoms with van der Waals surface area (Å²) in [7, 11) is 1.63. The Morgan fingerprint density at radius 1 is 1.24 bits per heavy atom. The molecule has 2 rings (SSSR count). The second-order valence-electron chi connectivity index (χ2n) is 3.43. The van der Waals surface area contributed by atoms with E-state index in [1.54, 1.807) is 19.2 Å². The molecule has 1 aromatic heterocycles. The smallest absolute Gasteiger partial charge is 0.194 e. The van der Waals surface area contributed by atoms with Crippen molar-refractivity contribution in [1.29, 1.82) is 0 Å². The van der Waals surface area contributed by atoms with Crippen molar-refractivity contribution < 1.29 is 13.9 Å². The van der Waals surface area contributed by atoms with Crippen molar-refractivity contribution in [2.24, 2.45) is 0 Å². The predicted octanol–water partition coefficient (Wildman–Crippen LogP) is 3.64. The van der Waals surface area contributed by atoms with Gasteiger partial charge in [-0.15, -0.1) is 0 Å². The molecule has 0 bridgehead atoms. The molecule has 0 atom stereocenters. The van der Waals surface area contributed by atoms with Gasteiger partial charge in [-0.3, -0.25) is 4.79 Å². The van der Waals surface area contributed by atoms with Crippen LogP contribution in [0.3, 0.4) is 0 Å². The van der Waals surface area contributed by atoms with E-state index >= 15 is 0 Å². The number of benzene rings is 1. The maximum absolute atomic E-state index is 11.1. The van der Waals surface area contributed by atoms with Gasteiger partial charge in [-0.25, -0.2) is 0 Å². The van der Waals surface area contributed by atoms with Crippen LogP contribution < -0.4 is 4.74 Å². The summed E-state index contributed by atoms with van der Waals surface area (Å²) in [5.74, 6) is 1.09. The van der Waals surface area contributed by atoms with Crippen LogP contribution in [0.4, 0.5) is 0 Å². The van der Waals surface area contributed by atoms with Crippen LogP contribution >= 0.6 is 11.8 Å². The third-order valence-electron chi connectivity index (χ3n) is 2.21. The third-order valence-corrected chi connectivity index (χ3v) is 3.19. The molecule has 0 spiro atoms. The highest BCUT2D eigenvalue weighted by atomic mass is 32.2. The molecule has 2 aromatic rings. The minimum Gasteiger partial charge on any atom is -0.496 e. The average Bonchev–Trinajstić information content (AvgIpc) is 2.78. The SMILES string of the molecule is COc1ccccc1Sc1ccc(C(C)=O)o1. The zero-order valence-corrected chi connectivity index (χ0v) is 10.4. The van der Waals surface area contributed by atoms with Crippen LogP contribution in [0, 0.1) is 0 Å². The van der Waals surface area contributed by atoms with Crippen molar-refractivity contribution in [1.82, 2.24) is 0 Å². The summed E-state index contributed by atoms with van der Waals surface area (Å²) < 4.78 is 10.6. The Kier molecular flexibility index (Phi) is 3.54. The molecule has 0 fully saturated rings. The number of ether oxygens (including phenoxy) is 1. The summed E-state index contributed by atoms with van der Waals surface area (Å²) in [6, 6.07) is 11.1. The van der Waals surface area contributed by atoms with Crippen LogP contribution in [0.15, 0.2) is 50.8 Å². The molecule has 88 valence electrons. The Bertz CT molecular complexity index is 531. The van der Waals surface area contributed by atoms with Gasteiger partial charge in [0.15, 0.2) is 16.6 Å². The number of para-hydroxylation sites is 1. The average molecular weight is 248 g/mol. The Hall–Kier alpha value is -1.68. The highest BCUT2D eigenvalue weighted by Gasteiger charge is 2.09. The van der Waals surface area contributed by atoms with Gasteiger partial charge in [0.2, 0.25) is 0 Å².